The number of aryl methyl sites for hydroxylation is 1. The van der Waals surface area contributed by atoms with E-state index in [2.05, 4.69) is 126 Å². The molecule has 2 heteroatoms. The van der Waals surface area contributed by atoms with Gasteiger partial charge >= 0.3 is 0 Å². The summed E-state index contributed by atoms with van der Waals surface area (Å²) in [4.78, 5) is 5.41. The highest BCUT2D eigenvalue weighted by Gasteiger charge is 2.27. The smallest absolute Gasteiger partial charge is 0.207 e. The predicted octanol–water partition coefficient (Wildman–Crippen LogP) is 8.48. The molecule has 1 aromatic heterocycles. The molecule has 2 heterocycles. The molecule has 0 amide bonds. The van der Waals surface area contributed by atoms with Gasteiger partial charge < -0.3 is 0 Å². The van der Waals surface area contributed by atoms with E-state index in [0.717, 1.165) is 31.5 Å². The summed E-state index contributed by atoms with van der Waals surface area (Å²) in [7, 11) is 0. The quantitative estimate of drug-likeness (QED) is 0.225. The fourth-order valence-electron chi connectivity index (χ4n) is 5.59. The number of hydrogen-bond acceptors (Lipinski definition) is 1. The molecule has 1 aromatic carbocycles. The first-order valence-electron chi connectivity index (χ1n) is 13.8. The van der Waals surface area contributed by atoms with Crippen LogP contribution in [0.15, 0.2) is 95.3 Å². The lowest BCUT2D eigenvalue weighted by atomic mass is 9.87. The van der Waals surface area contributed by atoms with E-state index in [1.165, 1.54) is 50.4 Å². The largest absolute Gasteiger partial charge is 0.239 e. The molecule has 1 aliphatic carbocycles. The number of allylic oxidation sites excluding steroid dienone is 12. The molecule has 2 unspecified atom stereocenters. The van der Waals surface area contributed by atoms with Crippen LogP contribution in [0.4, 0.5) is 0 Å². The van der Waals surface area contributed by atoms with Crippen molar-refractivity contribution in [2.45, 2.75) is 80.2 Å². The summed E-state index contributed by atoms with van der Waals surface area (Å²) in [6, 6.07) is 6.89. The van der Waals surface area contributed by atoms with Crippen molar-refractivity contribution >= 4 is 0 Å². The Morgan fingerprint density at radius 2 is 1.95 bits per heavy atom. The highest BCUT2D eigenvalue weighted by atomic mass is 15.0. The molecule has 2 nitrogen and oxygen atoms in total. The van der Waals surface area contributed by atoms with Crippen LogP contribution in [0.1, 0.15) is 76.4 Å². The van der Waals surface area contributed by atoms with Gasteiger partial charge in [-0.2, -0.15) is 4.57 Å². The molecular weight excluding hydrogens is 448 g/mol. The normalized spacial score (nSPS) is 19.1. The molecule has 2 atom stereocenters. The lowest BCUT2D eigenvalue weighted by molar-refractivity contribution is -0.694. The fourth-order valence-corrected chi connectivity index (χ4v) is 5.59. The number of rotatable bonds is 6. The molecule has 0 fully saturated rings. The van der Waals surface area contributed by atoms with Gasteiger partial charge in [-0.1, -0.05) is 83.4 Å². The molecule has 2 aromatic rings. The number of hydrogen-bond donors (Lipinski definition) is 0. The van der Waals surface area contributed by atoms with Crippen LogP contribution in [0.3, 0.4) is 0 Å². The first-order valence-corrected chi connectivity index (χ1v) is 13.8. The van der Waals surface area contributed by atoms with Gasteiger partial charge in [-0.15, -0.1) is 0 Å². The van der Waals surface area contributed by atoms with Gasteiger partial charge in [0.15, 0.2) is 12.7 Å². The van der Waals surface area contributed by atoms with Crippen LogP contribution in [-0.4, -0.2) is 4.98 Å². The molecule has 4 rings (SSSR count). The second-order valence-electron chi connectivity index (χ2n) is 11.1. The molecule has 192 valence electrons. The SMILES string of the molecule is CC=CC(C)C(C)=CC(C)=CCc1c(C2C=C(C)C=C(C)C2)nc2c[n+]1CC=CCc1cc(C)cc-2c1. The van der Waals surface area contributed by atoms with E-state index < -0.39 is 0 Å². The molecule has 0 saturated carbocycles. The Morgan fingerprint density at radius 3 is 2.70 bits per heavy atom. The van der Waals surface area contributed by atoms with Gasteiger partial charge in [-0.05, 0) is 84.1 Å². The Kier molecular flexibility index (Phi) is 8.59. The third-order valence-electron chi connectivity index (χ3n) is 7.52. The highest BCUT2D eigenvalue weighted by molar-refractivity contribution is 5.61. The van der Waals surface area contributed by atoms with Crippen molar-refractivity contribution in [2.75, 3.05) is 0 Å². The number of aromatic nitrogens is 2. The zero-order valence-electron chi connectivity index (χ0n) is 23.8. The van der Waals surface area contributed by atoms with Crippen LogP contribution in [0.25, 0.3) is 11.3 Å². The van der Waals surface area contributed by atoms with Gasteiger partial charge in [0, 0.05) is 11.5 Å². The van der Waals surface area contributed by atoms with Crippen molar-refractivity contribution in [3.05, 3.63) is 118 Å². The zero-order valence-corrected chi connectivity index (χ0v) is 23.8. The summed E-state index contributed by atoms with van der Waals surface area (Å²) >= 11 is 0. The lowest BCUT2D eigenvalue weighted by Gasteiger charge is -2.21. The number of nitrogens with zero attached hydrogens (tertiary/aromatic N) is 2. The maximum atomic E-state index is 5.41. The van der Waals surface area contributed by atoms with Crippen molar-refractivity contribution in [3.63, 3.8) is 0 Å². The molecule has 1 aliphatic heterocycles. The molecule has 0 radical (unpaired) electrons. The van der Waals surface area contributed by atoms with Crippen LogP contribution in [-0.2, 0) is 19.4 Å². The minimum atomic E-state index is 0.295. The molecule has 0 spiro atoms. The summed E-state index contributed by atoms with van der Waals surface area (Å²) < 4.78 is 2.45. The van der Waals surface area contributed by atoms with Crippen LogP contribution in [0.2, 0.25) is 0 Å². The van der Waals surface area contributed by atoms with Crippen molar-refractivity contribution in [3.8, 4) is 11.3 Å². The van der Waals surface area contributed by atoms with Gasteiger partial charge in [0.05, 0.1) is 6.42 Å². The summed E-state index contributed by atoms with van der Waals surface area (Å²) in [6.07, 6.45) is 23.6. The maximum Gasteiger partial charge on any atom is 0.207 e. The fraction of sp³-hybridized carbons (Fsp3) is 0.371. The predicted molar refractivity (Wildman–Crippen MR) is 158 cm³/mol. The summed E-state index contributed by atoms with van der Waals surface area (Å²) in [5, 5.41) is 0. The highest BCUT2D eigenvalue weighted by Crippen LogP contribution is 2.33. The minimum Gasteiger partial charge on any atom is -0.239 e. The first-order chi connectivity index (χ1) is 17.7. The molecule has 2 aliphatic rings. The Hall–Kier alpha value is -3.26. The Bertz CT molecular complexity index is 1340. The van der Waals surface area contributed by atoms with E-state index in [4.69, 9.17) is 4.98 Å². The van der Waals surface area contributed by atoms with Gasteiger partial charge in [0.25, 0.3) is 0 Å². The van der Waals surface area contributed by atoms with E-state index in [1.54, 1.807) is 0 Å². The van der Waals surface area contributed by atoms with Crippen LogP contribution < -0.4 is 4.57 Å². The minimum absolute atomic E-state index is 0.295. The molecule has 4 bridgehead atoms. The molecule has 0 N–H and O–H groups in total. The van der Waals surface area contributed by atoms with Gasteiger partial charge in [-0.25, -0.2) is 4.98 Å². The van der Waals surface area contributed by atoms with Gasteiger partial charge in [0.1, 0.15) is 11.4 Å². The van der Waals surface area contributed by atoms with E-state index in [0.29, 0.717) is 11.8 Å². The van der Waals surface area contributed by atoms with Crippen LogP contribution >= 0.6 is 0 Å². The second-order valence-corrected chi connectivity index (χ2v) is 11.1. The standard InChI is InChI=1S/C35H43N2/c1-8-11-28(6)29(7)17-24(2)13-14-34-35(32-20-25(3)16-26(4)21-32)36-33-23-37(34)15-10-9-12-30-18-27(5)19-31(33)22-30/h8-11,13,16-20,22-23,28,32H,12,14-15,21H2,1-7H3/q+1. The van der Waals surface area contributed by atoms with Crippen LogP contribution in [0.5, 0.6) is 0 Å². The third kappa shape index (κ3) is 6.74. The summed E-state index contributed by atoms with van der Waals surface area (Å²) in [5.74, 6) is 0.748. The lowest BCUT2D eigenvalue weighted by Crippen LogP contribution is -2.40. The van der Waals surface area contributed by atoms with E-state index >= 15 is 0 Å². The van der Waals surface area contributed by atoms with E-state index in [9.17, 15) is 0 Å². The maximum absolute atomic E-state index is 5.41. The molecule has 37 heavy (non-hydrogen) atoms. The Labute approximate surface area is 224 Å². The van der Waals surface area contributed by atoms with Crippen molar-refractivity contribution in [1.29, 1.82) is 0 Å². The van der Waals surface area contributed by atoms with Gasteiger partial charge in [0.2, 0.25) is 5.69 Å². The third-order valence-corrected chi connectivity index (χ3v) is 7.52. The Morgan fingerprint density at radius 1 is 1.14 bits per heavy atom. The summed E-state index contributed by atoms with van der Waals surface area (Å²) in [6.45, 7) is 16.3. The zero-order chi connectivity index (χ0) is 26.5. The number of benzene rings is 1. The van der Waals surface area contributed by atoms with Crippen molar-refractivity contribution < 1.29 is 4.57 Å². The summed E-state index contributed by atoms with van der Waals surface area (Å²) in [5.41, 5.74) is 12.9. The average molecular weight is 492 g/mol. The number of fused-ring (bicyclic) bond motifs is 5. The van der Waals surface area contributed by atoms with Crippen LogP contribution in [0, 0.1) is 12.8 Å². The topological polar surface area (TPSA) is 16.8 Å². The van der Waals surface area contributed by atoms with E-state index in [1.807, 2.05) is 0 Å². The first kappa shape index (κ1) is 26.8. The molecular formula is C35H43N2+. The average Bonchev–Trinajstić information content (AvgIpc) is 2.84. The van der Waals surface area contributed by atoms with Gasteiger partial charge in [-0.3, -0.25) is 0 Å². The Balaban J connectivity index is 1.83. The second kappa shape index (κ2) is 11.9. The van der Waals surface area contributed by atoms with Crippen molar-refractivity contribution in [1.82, 2.24) is 4.98 Å². The molecule has 0 saturated heterocycles. The van der Waals surface area contributed by atoms with Crippen molar-refractivity contribution in [2.24, 2.45) is 5.92 Å². The van der Waals surface area contributed by atoms with E-state index in [-0.39, 0.29) is 0 Å². The monoisotopic (exact) mass is 491 g/mol.